The Kier molecular flexibility index (Phi) is 5.00. The number of nitrogens with zero attached hydrogens (tertiary/aromatic N) is 1. The molecule has 1 aromatic heterocycles. The molecule has 1 aromatic carbocycles. The molecule has 4 nitrogen and oxygen atoms in total. The lowest BCUT2D eigenvalue weighted by Crippen LogP contribution is -2.50. The second-order valence-electron chi connectivity index (χ2n) is 7.72. The lowest BCUT2D eigenvalue weighted by molar-refractivity contribution is 0.106. The van der Waals surface area contributed by atoms with Crippen molar-refractivity contribution in [2.45, 2.75) is 64.2 Å². The van der Waals surface area contributed by atoms with E-state index < -0.39 is 0 Å². The summed E-state index contributed by atoms with van der Waals surface area (Å²) in [6, 6.07) is 12.2. The van der Waals surface area contributed by atoms with Crippen LogP contribution in [-0.2, 0) is 6.54 Å². The van der Waals surface area contributed by atoms with Gasteiger partial charge in [0, 0.05) is 23.8 Å². The molecule has 2 aromatic rings. The Morgan fingerprint density at radius 2 is 1.96 bits per heavy atom. The van der Waals surface area contributed by atoms with E-state index in [-0.39, 0.29) is 0 Å². The summed E-state index contributed by atoms with van der Waals surface area (Å²) < 4.78 is 5.55. The molecule has 3 heterocycles. The molecule has 2 atom stereocenters. The van der Waals surface area contributed by atoms with E-state index in [1.165, 1.54) is 24.0 Å². The molecule has 0 spiro atoms. The van der Waals surface area contributed by atoms with E-state index in [0.717, 1.165) is 35.9 Å². The first-order chi connectivity index (χ1) is 12.6. The third-order valence-electron chi connectivity index (χ3n) is 5.77. The molecular weight excluding hydrogens is 342 g/mol. The smallest absolute Gasteiger partial charge is 0.171 e. The van der Waals surface area contributed by atoms with Crippen molar-refractivity contribution in [3.63, 3.8) is 0 Å². The van der Waals surface area contributed by atoms with Crippen LogP contribution in [-0.4, -0.2) is 28.1 Å². The molecule has 2 fully saturated rings. The highest BCUT2D eigenvalue weighted by atomic mass is 32.1. The lowest BCUT2D eigenvalue weighted by atomic mass is 9.97. The highest BCUT2D eigenvalue weighted by molar-refractivity contribution is 7.80. The number of rotatable bonds is 4. The van der Waals surface area contributed by atoms with E-state index in [1.807, 2.05) is 6.07 Å². The van der Waals surface area contributed by atoms with Crippen LogP contribution in [0.1, 0.15) is 42.6 Å². The number of aryl methyl sites for hydroxylation is 2. The van der Waals surface area contributed by atoms with Crippen molar-refractivity contribution in [3.05, 3.63) is 53.5 Å². The third kappa shape index (κ3) is 3.79. The minimum atomic E-state index is 0.450. The van der Waals surface area contributed by atoms with Gasteiger partial charge in [0.25, 0.3) is 0 Å². The molecule has 2 aliphatic heterocycles. The van der Waals surface area contributed by atoms with Crippen molar-refractivity contribution >= 4 is 23.0 Å². The Morgan fingerprint density at radius 1 is 1.19 bits per heavy atom. The highest BCUT2D eigenvalue weighted by Gasteiger charge is 2.41. The first-order valence-electron chi connectivity index (χ1n) is 9.51. The minimum absolute atomic E-state index is 0.450. The Hall–Kier alpha value is -1.85. The summed E-state index contributed by atoms with van der Waals surface area (Å²) >= 11 is 5.58. The summed E-state index contributed by atoms with van der Waals surface area (Å²) in [5.41, 5.74) is 3.58. The highest BCUT2D eigenvalue weighted by Crippen LogP contribution is 2.37. The summed E-state index contributed by atoms with van der Waals surface area (Å²) in [4.78, 5) is 2.62. The van der Waals surface area contributed by atoms with Gasteiger partial charge in [-0.05, 0) is 75.5 Å². The topological polar surface area (TPSA) is 40.4 Å². The van der Waals surface area contributed by atoms with Crippen LogP contribution in [0.2, 0.25) is 0 Å². The number of nitrogens with one attached hydrogen (secondary N) is 2. The molecule has 2 N–H and O–H groups in total. The largest absolute Gasteiger partial charge is 0.468 e. The Balaban J connectivity index is 1.33. The quantitative estimate of drug-likeness (QED) is 0.783. The molecule has 4 rings (SSSR count). The maximum absolute atomic E-state index is 5.58. The van der Waals surface area contributed by atoms with Crippen LogP contribution < -0.4 is 10.6 Å². The van der Waals surface area contributed by atoms with Crippen LogP contribution in [0, 0.1) is 13.8 Å². The molecule has 0 saturated carbocycles. The summed E-state index contributed by atoms with van der Waals surface area (Å²) in [6.07, 6.45) is 6.61. The Bertz CT molecular complexity index is 760. The van der Waals surface area contributed by atoms with Crippen LogP contribution in [0.25, 0.3) is 0 Å². The van der Waals surface area contributed by atoms with Crippen molar-refractivity contribution in [2.75, 3.05) is 5.32 Å². The molecule has 0 amide bonds. The minimum Gasteiger partial charge on any atom is -0.468 e. The van der Waals surface area contributed by atoms with Gasteiger partial charge in [-0.15, -0.1) is 0 Å². The summed E-state index contributed by atoms with van der Waals surface area (Å²) in [6.45, 7) is 5.16. The number of thiocarbonyl (C=S) groups is 1. The molecular formula is C21H27N3OS. The Labute approximate surface area is 161 Å². The van der Waals surface area contributed by atoms with E-state index in [0.29, 0.717) is 18.1 Å². The van der Waals surface area contributed by atoms with Gasteiger partial charge in [0.05, 0.1) is 12.8 Å². The van der Waals surface area contributed by atoms with Crippen molar-refractivity contribution in [1.82, 2.24) is 10.2 Å². The Morgan fingerprint density at radius 3 is 2.62 bits per heavy atom. The number of hydrogen-bond acceptors (Lipinski definition) is 3. The van der Waals surface area contributed by atoms with Gasteiger partial charge < -0.3 is 15.1 Å². The van der Waals surface area contributed by atoms with Crippen molar-refractivity contribution in [3.8, 4) is 0 Å². The lowest BCUT2D eigenvalue weighted by Gasteiger charge is -2.39. The molecule has 0 aliphatic carbocycles. The number of piperidine rings is 1. The SMILES string of the molecule is Cc1ccc(NC(=S)NC2C[C@H]3CC[C@H](C2)N3Cc2ccco2)c(C)c1. The number of anilines is 1. The fourth-order valence-corrected chi connectivity index (χ4v) is 4.81. The van der Waals surface area contributed by atoms with E-state index in [9.17, 15) is 0 Å². The number of benzene rings is 1. The van der Waals surface area contributed by atoms with E-state index >= 15 is 0 Å². The fraction of sp³-hybridized carbons (Fsp3) is 0.476. The molecule has 2 saturated heterocycles. The summed E-state index contributed by atoms with van der Waals surface area (Å²) in [5.74, 6) is 1.07. The average Bonchev–Trinajstić information content (AvgIpc) is 3.18. The molecule has 2 aliphatic rings. The number of furan rings is 1. The van der Waals surface area contributed by atoms with E-state index in [1.54, 1.807) is 6.26 Å². The van der Waals surface area contributed by atoms with Crippen molar-refractivity contribution in [2.24, 2.45) is 0 Å². The molecule has 0 unspecified atom stereocenters. The van der Waals surface area contributed by atoms with Crippen molar-refractivity contribution in [1.29, 1.82) is 0 Å². The zero-order valence-electron chi connectivity index (χ0n) is 15.5. The van der Waals surface area contributed by atoms with Gasteiger partial charge in [0.2, 0.25) is 0 Å². The van der Waals surface area contributed by atoms with Gasteiger partial charge in [0.1, 0.15) is 5.76 Å². The average molecular weight is 370 g/mol. The molecule has 26 heavy (non-hydrogen) atoms. The van der Waals surface area contributed by atoms with Crippen molar-refractivity contribution < 1.29 is 4.42 Å². The predicted molar refractivity (Wildman–Crippen MR) is 109 cm³/mol. The molecule has 0 radical (unpaired) electrons. The number of hydrogen-bond donors (Lipinski definition) is 2. The van der Waals surface area contributed by atoms with Crippen LogP contribution in [0.3, 0.4) is 0 Å². The summed E-state index contributed by atoms with van der Waals surface area (Å²) in [7, 11) is 0. The van der Waals surface area contributed by atoms with Crippen LogP contribution >= 0.6 is 12.2 Å². The zero-order valence-corrected chi connectivity index (χ0v) is 16.3. The molecule has 5 heteroatoms. The standard InChI is InChI=1S/C21H27N3OS/c1-14-5-8-20(15(2)10-14)23-21(26)22-16-11-17-6-7-18(12-16)24(17)13-19-4-3-9-25-19/h3-5,8-10,16-18H,6-7,11-13H2,1-2H3,(H2,22,23,26)/t17-,18-/m1/s1. The second-order valence-corrected chi connectivity index (χ2v) is 8.13. The molecule has 2 bridgehead atoms. The van der Waals surface area contributed by atoms with Gasteiger partial charge in [-0.1, -0.05) is 17.7 Å². The van der Waals surface area contributed by atoms with Gasteiger partial charge in [-0.3, -0.25) is 4.90 Å². The first kappa shape index (κ1) is 17.6. The van der Waals surface area contributed by atoms with Crippen LogP contribution in [0.4, 0.5) is 5.69 Å². The van der Waals surface area contributed by atoms with Gasteiger partial charge >= 0.3 is 0 Å². The van der Waals surface area contributed by atoms with Gasteiger partial charge in [-0.25, -0.2) is 0 Å². The fourth-order valence-electron chi connectivity index (χ4n) is 4.53. The van der Waals surface area contributed by atoms with E-state index in [4.69, 9.17) is 16.6 Å². The summed E-state index contributed by atoms with van der Waals surface area (Å²) in [5, 5.41) is 7.67. The normalized spacial score (nSPS) is 25.2. The third-order valence-corrected chi connectivity index (χ3v) is 5.99. The van der Waals surface area contributed by atoms with E-state index in [2.05, 4.69) is 53.6 Å². The monoisotopic (exact) mass is 369 g/mol. The van der Waals surface area contributed by atoms with Crippen LogP contribution in [0.5, 0.6) is 0 Å². The predicted octanol–water partition coefficient (Wildman–Crippen LogP) is 4.38. The maximum Gasteiger partial charge on any atom is 0.171 e. The maximum atomic E-state index is 5.58. The number of fused-ring (bicyclic) bond motifs is 2. The zero-order chi connectivity index (χ0) is 18.1. The first-order valence-corrected chi connectivity index (χ1v) is 9.92. The van der Waals surface area contributed by atoms with Gasteiger partial charge in [0.15, 0.2) is 5.11 Å². The molecule has 138 valence electrons. The van der Waals surface area contributed by atoms with Crippen LogP contribution in [0.15, 0.2) is 41.0 Å². The van der Waals surface area contributed by atoms with Gasteiger partial charge in [-0.2, -0.15) is 0 Å². The second kappa shape index (κ2) is 7.41.